The molecule has 2 aliphatic rings. The van der Waals surface area contributed by atoms with Crippen LogP contribution in [0.3, 0.4) is 0 Å². The standard InChI is InChI=1S/C27H47N5O8/c1-25(2,3)39-23(36)29-13-8-9-19(30-20(33)18(28)15-17-10-11-17)21(34)32-14-12-27(16-32,22(35)38-7)31-24(37)40-26(4,5)6/h17-19H,8-16,28H2,1-7H3,(H,29,36)(H,30,33)(H,31,37)/t18-,19-,27?/m1/s1. The minimum absolute atomic E-state index is 0.104. The number of ether oxygens (including phenoxy) is 3. The van der Waals surface area contributed by atoms with Crippen molar-refractivity contribution >= 4 is 30.0 Å². The number of nitrogens with one attached hydrogen (secondary N) is 3. The molecule has 1 aliphatic carbocycles. The van der Waals surface area contributed by atoms with Crippen LogP contribution in [0, 0.1) is 5.92 Å². The van der Waals surface area contributed by atoms with E-state index >= 15 is 0 Å². The molecular formula is C27H47N5O8. The van der Waals surface area contributed by atoms with Gasteiger partial charge in [0.25, 0.3) is 0 Å². The first-order valence-corrected chi connectivity index (χ1v) is 13.9. The van der Waals surface area contributed by atoms with E-state index in [1.807, 2.05) is 0 Å². The van der Waals surface area contributed by atoms with Gasteiger partial charge in [0, 0.05) is 19.5 Å². The molecule has 0 bridgehead atoms. The second kappa shape index (κ2) is 13.5. The molecular weight excluding hydrogens is 522 g/mol. The molecule has 2 fully saturated rings. The highest BCUT2D eigenvalue weighted by atomic mass is 16.6. The highest BCUT2D eigenvalue weighted by molar-refractivity contribution is 5.92. The number of rotatable bonds is 11. The summed E-state index contributed by atoms with van der Waals surface area (Å²) in [4.78, 5) is 65.1. The fourth-order valence-electron chi connectivity index (χ4n) is 4.40. The number of nitrogens with zero attached hydrogens (tertiary/aromatic N) is 1. The molecule has 1 saturated heterocycles. The minimum atomic E-state index is -1.50. The fraction of sp³-hybridized carbons (Fsp3) is 0.815. The van der Waals surface area contributed by atoms with Crippen molar-refractivity contribution in [3.63, 3.8) is 0 Å². The normalized spacial score (nSPS) is 20.6. The van der Waals surface area contributed by atoms with Crippen LogP contribution in [0.5, 0.6) is 0 Å². The highest BCUT2D eigenvalue weighted by Crippen LogP contribution is 2.33. The van der Waals surface area contributed by atoms with E-state index in [4.69, 9.17) is 19.9 Å². The zero-order valence-electron chi connectivity index (χ0n) is 24.9. The van der Waals surface area contributed by atoms with E-state index in [9.17, 15) is 24.0 Å². The van der Waals surface area contributed by atoms with E-state index in [0.717, 1.165) is 12.8 Å². The highest BCUT2D eigenvalue weighted by Gasteiger charge is 2.50. The summed E-state index contributed by atoms with van der Waals surface area (Å²) in [5.41, 5.74) is 3.14. The van der Waals surface area contributed by atoms with E-state index in [1.54, 1.807) is 41.5 Å². The van der Waals surface area contributed by atoms with Gasteiger partial charge in [-0.2, -0.15) is 0 Å². The third kappa shape index (κ3) is 10.8. The van der Waals surface area contributed by atoms with Crippen molar-refractivity contribution in [1.82, 2.24) is 20.9 Å². The Hall–Kier alpha value is -3.09. The monoisotopic (exact) mass is 569 g/mol. The van der Waals surface area contributed by atoms with Crippen molar-refractivity contribution in [2.45, 2.75) is 109 Å². The number of carbonyl (C=O) groups is 5. The molecule has 0 aromatic heterocycles. The lowest BCUT2D eigenvalue weighted by atomic mass is 9.99. The van der Waals surface area contributed by atoms with Gasteiger partial charge >= 0.3 is 18.2 Å². The lowest BCUT2D eigenvalue weighted by molar-refractivity contribution is -0.148. The zero-order chi connectivity index (χ0) is 30.3. The van der Waals surface area contributed by atoms with Gasteiger partial charge in [-0.1, -0.05) is 12.8 Å². The molecule has 0 radical (unpaired) electrons. The van der Waals surface area contributed by atoms with Gasteiger partial charge in [-0.25, -0.2) is 14.4 Å². The first-order chi connectivity index (χ1) is 18.4. The first kappa shape index (κ1) is 33.1. The molecule has 5 N–H and O–H groups in total. The van der Waals surface area contributed by atoms with Gasteiger partial charge in [0.15, 0.2) is 5.54 Å². The largest absolute Gasteiger partial charge is 0.467 e. The number of amides is 4. The van der Waals surface area contributed by atoms with Crippen molar-refractivity contribution in [2.75, 3.05) is 26.7 Å². The number of hydrogen-bond donors (Lipinski definition) is 4. The van der Waals surface area contributed by atoms with Crippen LogP contribution >= 0.6 is 0 Å². The van der Waals surface area contributed by atoms with E-state index in [2.05, 4.69) is 16.0 Å². The second-order valence-electron chi connectivity index (χ2n) is 12.6. The zero-order valence-corrected chi connectivity index (χ0v) is 24.9. The topological polar surface area (TPSA) is 178 Å². The second-order valence-corrected chi connectivity index (χ2v) is 12.6. The third-order valence-corrected chi connectivity index (χ3v) is 6.47. The fourth-order valence-corrected chi connectivity index (χ4v) is 4.40. The van der Waals surface area contributed by atoms with Crippen molar-refractivity contribution in [1.29, 1.82) is 0 Å². The smallest absolute Gasteiger partial charge is 0.408 e. The number of esters is 1. The van der Waals surface area contributed by atoms with Crippen LogP contribution in [-0.2, 0) is 28.6 Å². The molecule has 2 rings (SSSR count). The van der Waals surface area contributed by atoms with Gasteiger partial charge < -0.3 is 40.8 Å². The molecule has 0 aromatic carbocycles. The number of methoxy groups -OCH3 is 1. The Labute approximate surface area is 236 Å². The Kier molecular flexibility index (Phi) is 11.2. The van der Waals surface area contributed by atoms with E-state index < -0.39 is 58.8 Å². The molecule has 13 heteroatoms. The van der Waals surface area contributed by atoms with Crippen LogP contribution in [0.1, 0.15) is 80.1 Å². The van der Waals surface area contributed by atoms with Crippen molar-refractivity contribution < 1.29 is 38.2 Å². The molecule has 1 heterocycles. The Morgan fingerprint density at radius 3 is 2.15 bits per heavy atom. The van der Waals surface area contributed by atoms with Crippen LogP contribution < -0.4 is 21.7 Å². The van der Waals surface area contributed by atoms with Gasteiger partial charge in [0.2, 0.25) is 11.8 Å². The molecule has 1 saturated carbocycles. The molecule has 1 unspecified atom stereocenters. The van der Waals surface area contributed by atoms with Crippen LogP contribution in [0.4, 0.5) is 9.59 Å². The van der Waals surface area contributed by atoms with Crippen LogP contribution in [0.15, 0.2) is 0 Å². The minimum Gasteiger partial charge on any atom is -0.467 e. The summed E-state index contributed by atoms with van der Waals surface area (Å²) in [5, 5.41) is 8.01. The van der Waals surface area contributed by atoms with E-state index in [1.165, 1.54) is 12.0 Å². The van der Waals surface area contributed by atoms with E-state index in [0.29, 0.717) is 18.8 Å². The lowest BCUT2D eigenvalue weighted by Gasteiger charge is -2.30. The average molecular weight is 570 g/mol. The predicted molar refractivity (Wildman–Crippen MR) is 146 cm³/mol. The lowest BCUT2D eigenvalue weighted by Crippen LogP contribution is -2.59. The number of likely N-dealkylation sites (tertiary alicyclic amines) is 1. The summed E-state index contributed by atoms with van der Waals surface area (Å²) in [5.74, 6) is -1.15. The molecule has 228 valence electrons. The molecule has 3 atom stereocenters. The van der Waals surface area contributed by atoms with Crippen LogP contribution in [0.25, 0.3) is 0 Å². The number of nitrogens with two attached hydrogens (primary N) is 1. The predicted octanol–water partition coefficient (Wildman–Crippen LogP) is 1.57. The Morgan fingerprint density at radius 2 is 1.60 bits per heavy atom. The van der Waals surface area contributed by atoms with Gasteiger partial charge in [-0.3, -0.25) is 9.59 Å². The maximum absolute atomic E-state index is 13.6. The number of alkyl carbamates (subject to hydrolysis) is 2. The summed E-state index contributed by atoms with van der Waals surface area (Å²) in [6, 6.07) is -1.70. The summed E-state index contributed by atoms with van der Waals surface area (Å²) in [6.45, 7) is 10.5. The van der Waals surface area contributed by atoms with Gasteiger partial charge in [-0.15, -0.1) is 0 Å². The summed E-state index contributed by atoms with van der Waals surface area (Å²) >= 11 is 0. The number of carbonyl (C=O) groups excluding carboxylic acids is 5. The molecule has 40 heavy (non-hydrogen) atoms. The number of hydrogen-bond acceptors (Lipinski definition) is 9. The third-order valence-electron chi connectivity index (χ3n) is 6.47. The summed E-state index contributed by atoms with van der Waals surface area (Å²) in [6.07, 6.45) is 1.89. The van der Waals surface area contributed by atoms with Crippen molar-refractivity contribution in [3.8, 4) is 0 Å². The maximum Gasteiger partial charge on any atom is 0.408 e. The molecule has 0 spiro atoms. The van der Waals surface area contributed by atoms with Crippen LogP contribution in [-0.4, -0.2) is 90.4 Å². The Morgan fingerprint density at radius 1 is 1.00 bits per heavy atom. The molecule has 13 nitrogen and oxygen atoms in total. The Balaban J connectivity index is 2.10. The average Bonchev–Trinajstić information content (AvgIpc) is 3.53. The molecule has 0 aromatic rings. The Bertz CT molecular complexity index is 940. The van der Waals surface area contributed by atoms with Gasteiger partial charge in [0.05, 0.1) is 19.7 Å². The molecule has 1 aliphatic heterocycles. The van der Waals surface area contributed by atoms with Gasteiger partial charge in [-0.05, 0) is 66.7 Å². The summed E-state index contributed by atoms with van der Waals surface area (Å²) in [7, 11) is 1.20. The quantitative estimate of drug-likeness (QED) is 0.163. The molecule has 4 amide bonds. The van der Waals surface area contributed by atoms with Crippen molar-refractivity contribution in [3.05, 3.63) is 0 Å². The van der Waals surface area contributed by atoms with Crippen LogP contribution in [0.2, 0.25) is 0 Å². The van der Waals surface area contributed by atoms with Gasteiger partial charge in [0.1, 0.15) is 17.2 Å². The summed E-state index contributed by atoms with van der Waals surface area (Å²) < 4.78 is 15.5. The van der Waals surface area contributed by atoms with E-state index in [-0.39, 0.29) is 32.5 Å². The SMILES string of the molecule is COC(=O)C1(NC(=O)OC(C)(C)C)CCN(C(=O)[C@@H](CCCNC(=O)OC(C)(C)C)NC(=O)[C@H](N)CC2CC2)C1. The first-order valence-electron chi connectivity index (χ1n) is 13.9. The van der Waals surface area contributed by atoms with Crippen molar-refractivity contribution in [2.24, 2.45) is 11.7 Å². The maximum atomic E-state index is 13.6.